The lowest BCUT2D eigenvalue weighted by atomic mass is 9.91. The Kier molecular flexibility index (Phi) is 7.15. The largest absolute Gasteiger partial charge is 0.288 e. The van der Waals surface area contributed by atoms with Crippen molar-refractivity contribution in [1.82, 2.24) is 0 Å². The topological polar surface area (TPSA) is 24.7 Å². The molecule has 0 spiro atoms. The molecule has 0 aromatic heterocycles. The van der Waals surface area contributed by atoms with Gasteiger partial charge in [0.05, 0.1) is 12.1 Å². The van der Waals surface area contributed by atoms with Crippen molar-refractivity contribution in [3.8, 4) is 0 Å². The second-order valence-electron chi connectivity index (χ2n) is 6.56. The SMILES string of the molecule is C(/C=C/c1ccccc1)=NC1CCCCC1N=C/C=C/c1ccccc1. The maximum absolute atomic E-state index is 4.77. The molecule has 1 fully saturated rings. The van der Waals surface area contributed by atoms with E-state index < -0.39 is 0 Å². The van der Waals surface area contributed by atoms with E-state index in [-0.39, 0.29) is 0 Å². The predicted molar refractivity (Wildman–Crippen MR) is 114 cm³/mol. The summed E-state index contributed by atoms with van der Waals surface area (Å²) in [7, 11) is 0. The summed E-state index contributed by atoms with van der Waals surface area (Å²) < 4.78 is 0. The molecule has 2 heteroatoms. The lowest BCUT2D eigenvalue weighted by Crippen LogP contribution is -2.26. The van der Waals surface area contributed by atoms with Gasteiger partial charge in [0.15, 0.2) is 0 Å². The first kappa shape index (κ1) is 18.1. The number of hydrogen-bond acceptors (Lipinski definition) is 2. The van der Waals surface area contributed by atoms with Gasteiger partial charge in [-0.15, -0.1) is 0 Å². The van der Waals surface area contributed by atoms with Crippen LogP contribution in [0.3, 0.4) is 0 Å². The van der Waals surface area contributed by atoms with Crippen LogP contribution in [0.1, 0.15) is 36.8 Å². The second kappa shape index (κ2) is 10.3. The highest BCUT2D eigenvalue weighted by Gasteiger charge is 2.22. The molecule has 3 rings (SSSR count). The van der Waals surface area contributed by atoms with Crippen molar-refractivity contribution in [2.75, 3.05) is 0 Å². The van der Waals surface area contributed by atoms with Crippen molar-refractivity contribution in [3.63, 3.8) is 0 Å². The Morgan fingerprint density at radius 1 is 0.615 bits per heavy atom. The van der Waals surface area contributed by atoms with Crippen LogP contribution < -0.4 is 0 Å². The average Bonchev–Trinajstić information content (AvgIpc) is 2.71. The highest BCUT2D eigenvalue weighted by atomic mass is 14.9. The summed E-state index contributed by atoms with van der Waals surface area (Å²) in [6.07, 6.45) is 16.9. The first-order valence-corrected chi connectivity index (χ1v) is 9.41. The van der Waals surface area contributed by atoms with Gasteiger partial charge >= 0.3 is 0 Å². The number of aliphatic imine (C=N–C) groups is 2. The van der Waals surface area contributed by atoms with Crippen molar-refractivity contribution in [3.05, 3.63) is 83.9 Å². The molecular formula is C24H26N2. The van der Waals surface area contributed by atoms with E-state index in [2.05, 4.69) is 36.4 Å². The molecule has 2 unspecified atom stereocenters. The summed E-state index contributed by atoms with van der Waals surface area (Å²) in [4.78, 5) is 9.53. The molecule has 2 aromatic carbocycles. The van der Waals surface area contributed by atoms with Gasteiger partial charge in [0.2, 0.25) is 0 Å². The Morgan fingerprint density at radius 2 is 1.04 bits per heavy atom. The van der Waals surface area contributed by atoms with E-state index in [4.69, 9.17) is 9.98 Å². The van der Waals surface area contributed by atoms with Crippen molar-refractivity contribution in [2.45, 2.75) is 37.8 Å². The quantitative estimate of drug-likeness (QED) is 0.587. The van der Waals surface area contributed by atoms with Gasteiger partial charge in [-0.3, -0.25) is 9.98 Å². The molecule has 2 atom stereocenters. The van der Waals surface area contributed by atoms with Crippen molar-refractivity contribution >= 4 is 24.6 Å². The summed E-state index contributed by atoms with van der Waals surface area (Å²) in [5.74, 6) is 0. The molecule has 1 aliphatic rings. The Morgan fingerprint density at radius 3 is 1.46 bits per heavy atom. The molecule has 0 aliphatic heterocycles. The van der Waals surface area contributed by atoms with Gasteiger partial charge in [0, 0.05) is 12.4 Å². The maximum Gasteiger partial charge on any atom is 0.0722 e. The van der Waals surface area contributed by atoms with Crippen LogP contribution >= 0.6 is 0 Å². The Hall–Kier alpha value is -2.74. The van der Waals surface area contributed by atoms with Gasteiger partial charge in [-0.25, -0.2) is 0 Å². The highest BCUT2D eigenvalue weighted by molar-refractivity contribution is 5.79. The van der Waals surface area contributed by atoms with Crippen LogP contribution in [0.5, 0.6) is 0 Å². The van der Waals surface area contributed by atoms with E-state index in [0.717, 1.165) is 12.8 Å². The fourth-order valence-corrected chi connectivity index (χ4v) is 3.20. The molecule has 0 amide bonds. The van der Waals surface area contributed by atoms with Crippen LogP contribution in [0, 0.1) is 0 Å². The smallest absolute Gasteiger partial charge is 0.0722 e. The van der Waals surface area contributed by atoms with Gasteiger partial charge in [0.25, 0.3) is 0 Å². The standard InChI is InChI=1S/C24H26N2/c1-3-11-21(12-4-1)15-9-19-25-23-17-7-8-18-24(23)26-20-10-16-22-13-5-2-6-14-22/h1-6,9-16,19-20,23-24H,7-8,17-18H2/b15-9+,16-10+,25-19?,26-20?. The van der Waals surface area contributed by atoms with Crippen LogP contribution in [0.15, 0.2) is 82.8 Å². The van der Waals surface area contributed by atoms with E-state index >= 15 is 0 Å². The summed E-state index contributed by atoms with van der Waals surface area (Å²) in [5.41, 5.74) is 2.39. The van der Waals surface area contributed by atoms with Crippen LogP contribution in [-0.2, 0) is 0 Å². The zero-order valence-corrected chi connectivity index (χ0v) is 15.1. The highest BCUT2D eigenvalue weighted by Crippen LogP contribution is 2.23. The number of benzene rings is 2. The van der Waals surface area contributed by atoms with Crippen LogP contribution in [-0.4, -0.2) is 24.5 Å². The van der Waals surface area contributed by atoms with E-state index in [1.54, 1.807) is 0 Å². The maximum atomic E-state index is 4.77. The number of rotatable bonds is 6. The van der Waals surface area contributed by atoms with Gasteiger partial charge < -0.3 is 0 Å². The summed E-state index contributed by atoms with van der Waals surface area (Å²) in [5, 5.41) is 0. The molecule has 1 saturated carbocycles. The molecule has 2 aromatic rings. The molecule has 0 heterocycles. The number of hydrogen-bond donors (Lipinski definition) is 0. The summed E-state index contributed by atoms with van der Waals surface area (Å²) >= 11 is 0. The van der Waals surface area contributed by atoms with Crippen molar-refractivity contribution in [1.29, 1.82) is 0 Å². The average molecular weight is 342 g/mol. The van der Waals surface area contributed by atoms with E-state index in [0.29, 0.717) is 12.1 Å². The zero-order valence-electron chi connectivity index (χ0n) is 15.1. The van der Waals surface area contributed by atoms with Crippen LogP contribution in [0.2, 0.25) is 0 Å². The molecule has 1 aliphatic carbocycles. The summed E-state index contributed by atoms with van der Waals surface area (Å²) in [6.45, 7) is 0. The predicted octanol–water partition coefficient (Wildman–Crippen LogP) is 5.87. The van der Waals surface area contributed by atoms with Gasteiger partial charge in [0.1, 0.15) is 0 Å². The third kappa shape index (κ3) is 5.96. The third-order valence-electron chi connectivity index (χ3n) is 4.60. The molecule has 0 saturated heterocycles. The molecule has 2 nitrogen and oxygen atoms in total. The molecule has 0 radical (unpaired) electrons. The minimum atomic E-state index is 0.297. The lowest BCUT2D eigenvalue weighted by molar-refractivity contribution is 0.390. The molecule has 132 valence electrons. The minimum Gasteiger partial charge on any atom is -0.288 e. The Labute approximate surface area is 156 Å². The monoisotopic (exact) mass is 342 g/mol. The second-order valence-corrected chi connectivity index (χ2v) is 6.56. The number of nitrogens with zero attached hydrogens (tertiary/aromatic N) is 2. The first-order chi connectivity index (χ1) is 12.9. The van der Waals surface area contributed by atoms with Gasteiger partial charge in [-0.2, -0.15) is 0 Å². The fraction of sp³-hybridized carbons (Fsp3) is 0.250. The lowest BCUT2D eigenvalue weighted by Gasteiger charge is -2.25. The normalized spacial score (nSPS) is 21.4. The van der Waals surface area contributed by atoms with Crippen molar-refractivity contribution in [2.24, 2.45) is 9.98 Å². The van der Waals surface area contributed by atoms with E-state index in [1.807, 2.05) is 61.0 Å². The molecular weight excluding hydrogens is 316 g/mol. The van der Waals surface area contributed by atoms with E-state index in [9.17, 15) is 0 Å². The Balaban J connectivity index is 1.55. The Bertz CT molecular complexity index is 690. The molecule has 0 N–H and O–H groups in total. The molecule has 0 bridgehead atoms. The van der Waals surface area contributed by atoms with Crippen LogP contribution in [0.4, 0.5) is 0 Å². The van der Waals surface area contributed by atoms with Crippen LogP contribution in [0.25, 0.3) is 12.2 Å². The van der Waals surface area contributed by atoms with E-state index in [1.165, 1.54) is 24.0 Å². The van der Waals surface area contributed by atoms with Gasteiger partial charge in [-0.05, 0) is 36.1 Å². The fourth-order valence-electron chi connectivity index (χ4n) is 3.20. The number of allylic oxidation sites excluding steroid dienone is 2. The molecule has 26 heavy (non-hydrogen) atoms. The summed E-state index contributed by atoms with van der Waals surface area (Å²) in [6, 6.07) is 21.2. The van der Waals surface area contributed by atoms with Gasteiger partial charge in [-0.1, -0.05) is 85.7 Å². The first-order valence-electron chi connectivity index (χ1n) is 9.41. The third-order valence-corrected chi connectivity index (χ3v) is 4.60. The zero-order chi connectivity index (χ0) is 17.9. The minimum absolute atomic E-state index is 0.297. The van der Waals surface area contributed by atoms with Crippen molar-refractivity contribution < 1.29 is 0 Å².